The molecule has 156 valence electrons. The number of benzene rings is 1. The molecule has 2 fully saturated rings. The van der Waals surface area contributed by atoms with Gasteiger partial charge >= 0.3 is 6.03 Å². The van der Waals surface area contributed by atoms with Crippen LogP contribution in [0, 0.1) is 11.8 Å². The number of carbonyl (C=O) groups excluding carboxylic acids is 4. The molecule has 0 spiro atoms. The van der Waals surface area contributed by atoms with Crippen molar-refractivity contribution >= 4 is 23.8 Å². The molecular weight excluding hydrogens is 376 g/mol. The number of ether oxygens (including phenoxy) is 1. The number of hydrogen-bond acceptors (Lipinski definition) is 5. The minimum absolute atomic E-state index is 0.198. The van der Waals surface area contributed by atoms with Crippen LogP contribution in [-0.4, -0.2) is 59.3 Å². The van der Waals surface area contributed by atoms with E-state index in [1.165, 1.54) is 12.0 Å². The van der Waals surface area contributed by atoms with Crippen LogP contribution in [0.1, 0.15) is 32.4 Å². The van der Waals surface area contributed by atoms with Gasteiger partial charge in [-0.1, -0.05) is 12.1 Å². The number of likely N-dealkylation sites (tertiary alicyclic amines) is 2. The van der Waals surface area contributed by atoms with Gasteiger partial charge in [-0.05, 0) is 38.5 Å². The van der Waals surface area contributed by atoms with Gasteiger partial charge in [-0.15, -0.1) is 0 Å². The standard InChI is InChI=1S/C20H26N4O5/c1-5-23-18(26)13-14(19(23)27)16(17(21)25)24(20(28)22-10(2)3)15(13)11-6-8-12(29-4)9-7-11/h6-10,13-16H,5H2,1-4H3,(H2,21,25)(H,22,28). The summed E-state index contributed by atoms with van der Waals surface area (Å²) in [5.41, 5.74) is 6.26. The van der Waals surface area contributed by atoms with E-state index in [2.05, 4.69) is 5.32 Å². The van der Waals surface area contributed by atoms with E-state index >= 15 is 0 Å². The largest absolute Gasteiger partial charge is 0.497 e. The van der Waals surface area contributed by atoms with E-state index in [4.69, 9.17) is 10.5 Å². The molecule has 29 heavy (non-hydrogen) atoms. The molecule has 0 aromatic heterocycles. The summed E-state index contributed by atoms with van der Waals surface area (Å²) in [5.74, 6) is -2.93. The third kappa shape index (κ3) is 3.30. The molecule has 2 heterocycles. The fourth-order valence-corrected chi connectivity index (χ4v) is 4.33. The third-order valence-electron chi connectivity index (χ3n) is 5.48. The Morgan fingerprint density at radius 1 is 1.14 bits per heavy atom. The number of amides is 5. The smallest absolute Gasteiger partial charge is 0.318 e. The Bertz CT molecular complexity index is 838. The number of methoxy groups -OCH3 is 1. The van der Waals surface area contributed by atoms with Crippen LogP contribution in [0.5, 0.6) is 5.75 Å². The van der Waals surface area contributed by atoms with Crippen LogP contribution in [0.2, 0.25) is 0 Å². The summed E-state index contributed by atoms with van der Waals surface area (Å²) in [6, 6.07) is 4.12. The number of urea groups is 1. The summed E-state index contributed by atoms with van der Waals surface area (Å²) in [7, 11) is 1.53. The number of imide groups is 1. The Hall–Kier alpha value is -3.10. The first-order valence-corrected chi connectivity index (χ1v) is 9.60. The number of carbonyl (C=O) groups is 4. The average molecular weight is 402 g/mol. The Morgan fingerprint density at radius 2 is 1.72 bits per heavy atom. The van der Waals surface area contributed by atoms with Crippen molar-refractivity contribution in [2.45, 2.75) is 38.9 Å². The molecule has 0 aliphatic carbocycles. The molecule has 4 unspecified atom stereocenters. The molecule has 1 aromatic carbocycles. The van der Waals surface area contributed by atoms with E-state index in [0.717, 1.165) is 4.90 Å². The van der Waals surface area contributed by atoms with Crippen LogP contribution in [0.15, 0.2) is 24.3 Å². The van der Waals surface area contributed by atoms with Crippen LogP contribution >= 0.6 is 0 Å². The van der Waals surface area contributed by atoms with Crippen molar-refractivity contribution in [1.29, 1.82) is 0 Å². The minimum Gasteiger partial charge on any atom is -0.497 e. The molecule has 3 N–H and O–H groups in total. The lowest BCUT2D eigenvalue weighted by molar-refractivity contribution is -0.142. The summed E-state index contributed by atoms with van der Waals surface area (Å²) in [6.07, 6.45) is 0. The SMILES string of the molecule is CCN1C(=O)C2C(C1=O)C(c1ccc(OC)cc1)N(C(=O)NC(C)C)C2C(N)=O. The molecule has 9 nitrogen and oxygen atoms in total. The number of nitrogens with zero attached hydrogens (tertiary/aromatic N) is 2. The summed E-state index contributed by atoms with van der Waals surface area (Å²) in [5, 5.41) is 2.75. The molecule has 1 aromatic rings. The van der Waals surface area contributed by atoms with E-state index in [9.17, 15) is 19.2 Å². The molecule has 5 amide bonds. The molecule has 9 heteroatoms. The minimum atomic E-state index is -1.21. The molecule has 2 aliphatic rings. The van der Waals surface area contributed by atoms with Gasteiger partial charge in [0.15, 0.2) is 0 Å². The average Bonchev–Trinajstić information content (AvgIpc) is 3.15. The summed E-state index contributed by atoms with van der Waals surface area (Å²) in [6.45, 7) is 5.46. The van der Waals surface area contributed by atoms with Gasteiger partial charge in [0.05, 0.1) is 25.0 Å². The first-order chi connectivity index (χ1) is 13.7. The molecular formula is C20H26N4O5. The normalized spacial score (nSPS) is 26.1. The number of fused-ring (bicyclic) bond motifs is 1. The number of nitrogens with one attached hydrogen (secondary N) is 1. The Labute approximate surface area is 169 Å². The van der Waals surface area contributed by atoms with Crippen LogP contribution < -0.4 is 15.8 Å². The van der Waals surface area contributed by atoms with E-state index in [0.29, 0.717) is 11.3 Å². The van der Waals surface area contributed by atoms with Gasteiger partial charge in [-0.3, -0.25) is 19.3 Å². The lowest BCUT2D eigenvalue weighted by Crippen LogP contribution is -2.54. The van der Waals surface area contributed by atoms with Crippen molar-refractivity contribution in [3.8, 4) is 5.75 Å². The Morgan fingerprint density at radius 3 is 2.21 bits per heavy atom. The van der Waals surface area contributed by atoms with E-state index in [1.54, 1.807) is 45.0 Å². The number of nitrogens with two attached hydrogens (primary N) is 1. The number of hydrogen-bond donors (Lipinski definition) is 2. The maximum Gasteiger partial charge on any atom is 0.318 e. The van der Waals surface area contributed by atoms with Crippen LogP contribution in [-0.2, 0) is 14.4 Å². The van der Waals surface area contributed by atoms with Crippen molar-refractivity contribution in [3.05, 3.63) is 29.8 Å². The van der Waals surface area contributed by atoms with Gasteiger partial charge in [0.25, 0.3) is 0 Å². The third-order valence-corrected chi connectivity index (χ3v) is 5.48. The first-order valence-electron chi connectivity index (χ1n) is 9.60. The molecule has 2 saturated heterocycles. The molecule has 0 bridgehead atoms. The highest BCUT2D eigenvalue weighted by Crippen LogP contribution is 2.50. The van der Waals surface area contributed by atoms with E-state index in [-0.39, 0.29) is 12.6 Å². The Balaban J connectivity index is 2.15. The lowest BCUT2D eigenvalue weighted by atomic mass is 9.86. The van der Waals surface area contributed by atoms with Crippen LogP contribution in [0.4, 0.5) is 4.79 Å². The van der Waals surface area contributed by atoms with Crippen molar-refractivity contribution in [2.75, 3.05) is 13.7 Å². The summed E-state index contributed by atoms with van der Waals surface area (Å²) in [4.78, 5) is 53.8. The van der Waals surface area contributed by atoms with Crippen molar-refractivity contribution in [1.82, 2.24) is 15.1 Å². The zero-order chi connectivity index (χ0) is 21.5. The molecule has 3 rings (SSSR count). The highest BCUT2D eigenvalue weighted by atomic mass is 16.5. The van der Waals surface area contributed by atoms with E-state index in [1.807, 2.05) is 0 Å². The lowest BCUT2D eigenvalue weighted by Gasteiger charge is -2.33. The highest BCUT2D eigenvalue weighted by molar-refractivity contribution is 6.09. The van der Waals surface area contributed by atoms with Gasteiger partial charge in [0.1, 0.15) is 11.8 Å². The van der Waals surface area contributed by atoms with Crippen LogP contribution in [0.3, 0.4) is 0 Å². The van der Waals surface area contributed by atoms with Crippen molar-refractivity contribution in [2.24, 2.45) is 17.6 Å². The predicted octanol–water partition coefficient (Wildman–Crippen LogP) is 0.645. The van der Waals surface area contributed by atoms with Gasteiger partial charge < -0.3 is 20.7 Å². The van der Waals surface area contributed by atoms with Gasteiger partial charge in [-0.25, -0.2) is 4.79 Å². The number of primary amides is 1. The fraction of sp³-hybridized carbons (Fsp3) is 0.500. The molecule has 4 atom stereocenters. The second kappa shape index (κ2) is 7.73. The number of rotatable bonds is 5. The van der Waals surface area contributed by atoms with Crippen LogP contribution in [0.25, 0.3) is 0 Å². The second-order valence-corrected chi connectivity index (χ2v) is 7.55. The predicted molar refractivity (Wildman–Crippen MR) is 104 cm³/mol. The monoisotopic (exact) mass is 402 g/mol. The topological polar surface area (TPSA) is 122 Å². The Kier molecular flexibility index (Phi) is 5.50. The molecule has 0 radical (unpaired) electrons. The van der Waals surface area contributed by atoms with Gasteiger partial charge in [0, 0.05) is 12.6 Å². The first kappa shape index (κ1) is 20.6. The molecule has 2 aliphatic heterocycles. The zero-order valence-corrected chi connectivity index (χ0v) is 16.9. The van der Waals surface area contributed by atoms with Crippen molar-refractivity contribution < 1.29 is 23.9 Å². The summed E-state index contributed by atoms with van der Waals surface area (Å²) >= 11 is 0. The van der Waals surface area contributed by atoms with Gasteiger partial charge in [-0.2, -0.15) is 0 Å². The van der Waals surface area contributed by atoms with Gasteiger partial charge in [0.2, 0.25) is 17.7 Å². The highest BCUT2D eigenvalue weighted by Gasteiger charge is 2.64. The summed E-state index contributed by atoms with van der Waals surface area (Å²) < 4.78 is 5.18. The van der Waals surface area contributed by atoms with Crippen molar-refractivity contribution in [3.63, 3.8) is 0 Å². The fourth-order valence-electron chi connectivity index (χ4n) is 4.33. The second-order valence-electron chi connectivity index (χ2n) is 7.55. The molecule has 0 saturated carbocycles. The van der Waals surface area contributed by atoms with E-state index < -0.39 is 47.7 Å². The quantitative estimate of drug-likeness (QED) is 0.700. The maximum atomic E-state index is 13.1. The zero-order valence-electron chi connectivity index (χ0n) is 16.9. The maximum absolute atomic E-state index is 13.1.